The standard InChI is InChI=1S/C14H18F2O2/c15-14(16)9-18-7-6-13(17)12-8-11(12)10-4-2-1-3-5-10/h1-5,11-14,17H,6-9H2. The van der Waals surface area contributed by atoms with Gasteiger partial charge in [0.2, 0.25) is 0 Å². The summed E-state index contributed by atoms with van der Waals surface area (Å²) in [5.74, 6) is 0.666. The van der Waals surface area contributed by atoms with Crippen molar-refractivity contribution in [2.45, 2.75) is 31.3 Å². The molecule has 0 radical (unpaired) electrons. The molecule has 100 valence electrons. The third kappa shape index (κ3) is 3.75. The summed E-state index contributed by atoms with van der Waals surface area (Å²) in [5, 5.41) is 9.92. The minimum atomic E-state index is -2.43. The van der Waals surface area contributed by atoms with Gasteiger partial charge in [-0.25, -0.2) is 8.78 Å². The number of hydrogen-bond acceptors (Lipinski definition) is 2. The van der Waals surface area contributed by atoms with Gasteiger partial charge in [0.05, 0.1) is 6.10 Å². The van der Waals surface area contributed by atoms with E-state index in [9.17, 15) is 13.9 Å². The average molecular weight is 256 g/mol. The third-order valence-corrected chi connectivity index (χ3v) is 3.36. The summed E-state index contributed by atoms with van der Waals surface area (Å²) in [5.41, 5.74) is 1.25. The van der Waals surface area contributed by atoms with E-state index in [1.54, 1.807) is 0 Å². The van der Waals surface area contributed by atoms with Gasteiger partial charge >= 0.3 is 0 Å². The Balaban J connectivity index is 1.68. The molecule has 1 N–H and O–H groups in total. The molecule has 1 aliphatic rings. The third-order valence-electron chi connectivity index (χ3n) is 3.36. The maximum Gasteiger partial charge on any atom is 0.261 e. The quantitative estimate of drug-likeness (QED) is 0.760. The smallest absolute Gasteiger partial charge is 0.261 e. The van der Waals surface area contributed by atoms with Crippen LogP contribution in [0.15, 0.2) is 30.3 Å². The van der Waals surface area contributed by atoms with Crippen LogP contribution in [0.25, 0.3) is 0 Å². The number of hydrogen-bond donors (Lipinski definition) is 1. The molecule has 0 spiro atoms. The minimum Gasteiger partial charge on any atom is -0.393 e. The van der Waals surface area contributed by atoms with E-state index >= 15 is 0 Å². The molecular weight excluding hydrogens is 238 g/mol. The van der Waals surface area contributed by atoms with Crippen molar-refractivity contribution in [1.82, 2.24) is 0 Å². The summed E-state index contributed by atoms with van der Waals surface area (Å²) >= 11 is 0. The molecule has 1 fully saturated rings. The van der Waals surface area contributed by atoms with Crippen LogP contribution >= 0.6 is 0 Å². The van der Waals surface area contributed by atoms with Crippen LogP contribution in [0.1, 0.15) is 24.3 Å². The van der Waals surface area contributed by atoms with Gasteiger partial charge in [-0.2, -0.15) is 0 Å². The topological polar surface area (TPSA) is 29.5 Å². The molecule has 0 bridgehead atoms. The van der Waals surface area contributed by atoms with Crippen molar-refractivity contribution in [3.63, 3.8) is 0 Å². The Labute approximate surface area is 106 Å². The Hall–Kier alpha value is -1.00. The Morgan fingerprint density at radius 1 is 1.28 bits per heavy atom. The van der Waals surface area contributed by atoms with E-state index in [1.165, 1.54) is 5.56 Å². The number of benzene rings is 1. The van der Waals surface area contributed by atoms with Gasteiger partial charge in [0.15, 0.2) is 0 Å². The lowest BCUT2D eigenvalue weighted by atomic mass is 10.1. The van der Waals surface area contributed by atoms with Gasteiger partial charge in [-0.3, -0.25) is 0 Å². The van der Waals surface area contributed by atoms with E-state index in [0.717, 1.165) is 6.42 Å². The molecule has 1 saturated carbocycles. The monoisotopic (exact) mass is 256 g/mol. The normalized spacial score (nSPS) is 24.2. The van der Waals surface area contributed by atoms with Crippen LogP contribution in [0, 0.1) is 5.92 Å². The van der Waals surface area contributed by atoms with Gasteiger partial charge in [-0.05, 0) is 30.2 Å². The molecule has 1 aromatic carbocycles. The van der Waals surface area contributed by atoms with Gasteiger partial charge in [0.25, 0.3) is 6.43 Å². The zero-order valence-electron chi connectivity index (χ0n) is 10.1. The Kier molecular flexibility index (Phi) is 4.66. The summed E-state index contributed by atoms with van der Waals surface area (Å²) in [6.45, 7) is -0.344. The summed E-state index contributed by atoms with van der Waals surface area (Å²) in [6, 6.07) is 10.1. The average Bonchev–Trinajstić information content (AvgIpc) is 3.15. The number of aliphatic hydroxyl groups is 1. The lowest BCUT2D eigenvalue weighted by molar-refractivity contribution is 0.00248. The molecule has 2 nitrogen and oxygen atoms in total. The molecule has 0 saturated heterocycles. The molecule has 18 heavy (non-hydrogen) atoms. The highest BCUT2D eigenvalue weighted by Crippen LogP contribution is 2.50. The van der Waals surface area contributed by atoms with Crippen molar-refractivity contribution < 1.29 is 18.6 Å². The van der Waals surface area contributed by atoms with E-state index in [0.29, 0.717) is 12.3 Å². The SMILES string of the molecule is OC(CCOCC(F)F)C1CC1c1ccccc1. The fourth-order valence-corrected chi connectivity index (χ4v) is 2.31. The Morgan fingerprint density at radius 3 is 2.67 bits per heavy atom. The summed E-state index contributed by atoms with van der Waals surface area (Å²) in [6.07, 6.45) is -1.48. The van der Waals surface area contributed by atoms with E-state index in [4.69, 9.17) is 4.74 Å². The molecule has 0 aromatic heterocycles. The zero-order valence-corrected chi connectivity index (χ0v) is 10.1. The van der Waals surface area contributed by atoms with Gasteiger partial charge in [-0.1, -0.05) is 30.3 Å². The predicted molar refractivity (Wildman–Crippen MR) is 64.7 cm³/mol. The predicted octanol–water partition coefficient (Wildman–Crippen LogP) is 2.82. The van der Waals surface area contributed by atoms with Crippen LogP contribution in [0.4, 0.5) is 8.78 Å². The Bertz CT molecular complexity index is 356. The van der Waals surface area contributed by atoms with Crippen LogP contribution in [0.2, 0.25) is 0 Å². The molecule has 0 amide bonds. The van der Waals surface area contributed by atoms with E-state index in [2.05, 4.69) is 12.1 Å². The molecule has 1 aliphatic carbocycles. The maximum atomic E-state index is 11.8. The zero-order chi connectivity index (χ0) is 13.0. The second kappa shape index (κ2) is 6.25. The van der Waals surface area contributed by atoms with Crippen molar-refractivity contribution in [2.75, 3.05) is 13.2 Å². The molecule has 3 atom stereocenters. The minimum absolute atomic E-state index is 0.198. The second-order valence-corrected chi connectivity index (χ2v) is 4.74. The second-order valence-electron chi connectivity index (χ2n) is 4.74. The fraction of sp³-hybridized carbons (Fsp3) is 0.571. The molecule has 4 heteroatoms. The van der Waals surface area contributed by atoms with Gasteiger partial charge in [0, 0.05) is 6.61 Å². The van der Waals surface area contributed by atoms with Crippen LogP contribution < -0.4 is 0 Å². The van der Waals surface area contributed by atoms with Crippen LogP contribution in [0.5, 0.6) is 0 Å². The van der Waals surface area contributed by atoms with Crippen molar-refractivity contribution in [3.8, 4) is 0 Å². The number of rotatable bonds is 7. The number of ether oxygens (including phenoxy) is 1. The summed E-state index contributed by atoms with van der Waals surface area (Å²) in [4.78, 5) is 0. The number of alkyl halides is 2. The highest BCUT2D eigenvalue weighted by Gasteiger charge is 2.42. The molecule has 1 aromatic rings. The number of halogens is 2. The summed E-state index contributed by atoms with van der Waals surface area (Å²) < 4.78 is 28.4. The number of aliphatic hydroxyl groups excluding tert-OH is 1. The van der Waals surface area contributed by atoms with Gasteiger partial charge < -0.3 is 9.84 Å². The largest absolute Gasteiger partial charge is 0.393 e. The highest BCUT2D eigenvalue weighted by molar-refractivity contribution is 5.26. The highest BCUT2D eigenvalue weighted by atomic mass is 19.3. The molecule has 0 aliphatic heterocycles. The first-order valence-electron chi connectivity index (χ1n) is 6.27. The molecular formula is C14H18F2O2. The van der Waals surface area contributed by atoms with Crippen molar-refractivity contribution in [3.05, 3.63) is 35.9 Å². The first-order chi connectivity index (χ1) is 8.68. The molecule has 0 heterocycles. The van der Waals surface area contributed by atoms with E-state index < -0.39 is 19.1 Å². The van der Waals surface area contributed by atoms with Crippen LogP contribution in [0.3, 0.4) is 0 Å². The van der Waals surface area contributed by atoms with E-state index in [1.807, 2.05) is 18.2 Å². The van der Waals surface area contributed by atoms with Crippen molar-refractivity contribution in [1.29, 1.82) is 0 Å². The molecule has 3 unspecified atom stereocenters. The first-order valence-corrected chi connectivity index (χ1v) is 6.27. The lowest BCUT2D eigenvalue weighted by Gasteiger charge is -2.10. The fourth-order valence-electron chi connectivity index (χ4n) is 2.31. The van der Waals surface area contributed by atoms with E-state index in [-0.39, 0.29) is 12.5 Å². The van der Waals surface area contributed by atoms with Gasteiger partial charge in [0.1, 0.15) is 6.61 Å². The van der Waals surface area contributed by atoms with Crippen molar-refractivity contribution in [2.24, 2.45) is 5.92 Å². The first kappa shape index (κ1) is 13.4. The summed E-state index contributed by atoms with van der Waals surface area (Å²) in [7, 11) is 0. The Morgan fingerprint density at radius 2 is 2.00 bits per heavy atom. The maximum absolute atomic E-state index is 11.8. The molecule has 2 rings (SSSR count). The van der Waals surface area contributed by atoms with Crippen molar-refractivity contribution >= 4 is 0 Å². The van der Waals surface area contributed by atoms with Crippen LogP contribution in [-0.4, -0.2) is 30.8 Å². The lowest BCUT2D eigenvalue weighted by Crippen LogP contribution is -2.15. The van der Waals surface area contributed by atoms with Crippen LogP contribution in [-0.2, 0) is 4.74 Å². The van der Waals surface area contributed by atoms with Gasteiger partial charge in [-0.15, -0.1) is 0 Å².